The van der Waals surface area contributed by atoms with Gasteiger partial charge in [-0.05, 0) is 18.4 Å². The van der Waals surface area contributed by atoms with Crippen molar-refractivity contribution in [3.8, 4) is 11.3 Å². The quantitative estimate of drug-likeness (QED) is 0.515. The Morgan fingerprint density at radius 2 is 1.69 bits per heavy atom. The topological polar surface area (TPSA) is 68.3 Å². The number of carbonyl (C=O) groups is 2. The summed E-state index contributed by atoms with van der Waals surface area (Å²) in [4.78, 5) is 29.3. The average molecular weight is 384 g/mol. The van der Waals surface area contributed by atoms with Gasteiger partial charge in [-0.25, -0.2) is 9.78 Å². The molecule has 0 unspecified atom stereocenters. The first-order chi connectivity index (χ1) is 12.6. The number of thiazole rings is 1. The molecule has 3 aromatic rings. The van der Waals surface area contributed by atoms with Crippen LogP contribution in [0.1, 0.15) is 20.7 Å². The van der Waals surface area contributed by atoms with Crippen molar-refractivity contribution in [2.24, 2.45) is 0 Å². The molecule has 7 heteroatoms. The minimum atomic E-state index is -0.548. The van der Waals surface area contributed by atoms with Crippen LogP contribution in [0.5, 0.6) is 0 Å². The highest BCUT2D eigenvalue weighted by Crippen LogP contribution is 2.37. The predicted molar refractivity (Wildman–Crippen MR) is 105 cm³/mol. The van der Waals surface area contributed by atoms with E-state index in [0.29, 0.717) is 10.7 Å². The molecule has 5 nitrogen and oxygen atoms in total. The van der Waals surface area contributed by atoms with E-state index in [9.17, 15) is 9.59 Å². The van der Waals surface area contributed by atoms with Crippen molar-refractivity contribution in [1.29, 1.82) is 0 Å². The van der Waals surface area contributed by atoms with Crippen molar-refractivity contribution >= 4 is 40.0 Å². The lowest BCUT2D eigenvalue weighted by atomic mass is 10.1. The normalized spacial score (nSPS) is 10.4. The fraction of sp³-hybridized carbons (Fsp3) is 0.105. The largest absolute Gasteiger partial charge is 0.465 e. The second kappa shape index (κ2) is 8.16. The van der Waals surface area contributed by atoms with Crippen molar-refractivity contribution in [2.45, 2.75) is 4.34 Å². The van der Waals surface area contributed by atoms with Crippen molar-refractivity contribution in [1.82, 2.24) is 4.98 Å². The van der Waals surface area contributed by atoms with Crippen molar-refractivity contribution in [2.75, 3.05) is 18.7 Å². The summed E-state index contributed by atoms with van der Waals surface area (Å²) in [6.45, 7) is 0. The van der Waals surface area contributed by atoms with Gasteiger partial charge in [-0.1, -0.05) is 65.6 Å². The summed E-state index contributed by atoms with van der Waals surface area (Å²) >= 11 is 2.92. The smallest absolute Gasteiger partial charge is 0.338 e. The minimum absolute atomic E-state index is 0.225. The van der Waals surface area contributed by atoms with E-state index in [4.69, 9.17) is 4.74 Å². The fourth-order valence-electron chi connectivity index (χ4n) is 2.40. The molecule has 0 atom stereocenters. The van der Waals surface area contributed by atoms with Crippen LogP contribution >= 0.6 is 23.1 Å². The first kappa shape index (κ1) is 18.2. The van der Waals surface area contributed by atoms with Crippen molar-refractivity contribution in [3.63, 3.8) is 0 Å². The number of carbonyl (C=O) groups excluding carboxylic acids is 2. The number of aromatic nitrogens is 1. The number of rotatable bonds is 5. The number of hydrogen-bond donors (Lipinski definition) is 1. The molecular formula is C19H16N2O3S2. The van der Waals surface area contributed by atoms with Gasteiger partial charge in [-0.15, -0.1) is 0 Å². The Balaban J connectivity index is 1.96. The molecule has 0 saturated heterocycles. The van der Waals surface area contributed by atoms with Crippen LogP contribution in [0.3, 0.4) is 0 Å². The van der Waals surface area contributed by atoms with E-state index in [-0.39, 0.29) is 17.0 Å². The van der Waals surface area contributed by atoms with Gasteiger partial charge in [0.15, 0.2) is 4.34 Å². The molecule has 0 aliphatic rings. The maximum absolute atomic E-state index is 12.8. The molecule has 0 fully saturated rings. The summed E-state index contributed by atoms with van der Waals surface area (Å²) in [5.74, 6) is -0.923. The molecule has 1 aromatic heterocycles. The number of thioether (sulfide) groups is 1. The SMILES string of the molecule is COC(=O)c1ccccc1C(=O)Nc1sc(SC)nc1-c1ccccc1. The van der Waals surface area contributed by atoms with E-state index in [1.165, 1.54) is 30.2 Å². The van der Waals surface area contributed by atoms with Gasteiger partial charge in [0.05, 0.1) is 18.2 Å². The number of benzene rings is 2. The summed E-state index contributed by atoms with van der Waals surface area (Å²) in [6, 6.07) is 16.2. The van der Waals surface area contributed by atoms with E-state index < -0.39 is 5.97 Å². The van der Waals surface area contributed by atoms with Crippen LogP contribution in [0.15, 0.2) is 58.9 Å². The number of nitrogens with one attached hydrogen (secondary N) is 1. The monoisotopic (exact) mass is 384 g/mol. The number of nitrogens with zero attached hydrogens (tertiary/aromatic N) is 1. The van der Waals surface area contributed by atoms with Crippen LogP contribution in [0.25, 0.3) is 11.3 Å². The van der Waals surface area contributed by atoms with Crippen LogP contribution in [0.4, 0.5) is 5.00 Å². The number of esters is 1. The highest BCUT2D eigenvalue weighted by atomic mass is 32.2. The first-order valence-corrected chi connectivity index (χ1v) is 9.77. The van der Waals surface area contributed by atoms with E-state index in [1.807, 2.05) is 36.6 Å². The Labute approximate surface area is 159 Å². The van der Waals surface area contributed by atoms with Crippen LogP contribution in [-0.4, -0.2) is 30.2 Å². The van der Waals surface area contributed by atoms with Gasteiger partial charge in [0, 0.05) is 5.56 Å². The van der Waals surface area contributed by atoms with Gasteiger partial charge >= 0.3 is 5.97 Å². The molecular weight excluding hydrogens is 368 g/mol. The third-order valence-electron chi connectivity index (χ3n) is 3.63. The van der Waals surface area contributed by atoms with Gasteiger partial charge in [-0.2, -0.15) is 0 Å². The predicted octanol–water partition coefficient (Wildman–Crippen LogP) is 4.57. The summed E-state index contributed by atoms with van der Waals surface area (Å²) < 4.78 is 5.61. The number of amides is 1. The molecule has 0 aliphatic heterocycles. The Morgan fingerprint density at radius 3 is 2.35 bits per heavy atom. The van der Waals surface area contributed by atoms with Gasteiger partial charge in [0.2, 0.25) is 0 Å². The first-order valence-electron chi connectivity index (χ1n) is 7.73. The van der Waals surface area contributed by atoms with Crippen LogP contribution < -0.4 is 5.32 Å². The third kappa shape index (κ3) is 3.79. The highest BCUT2D eigenvalue weighted by molar-refractivity contribution is 8.00. The van der Waals surface area contributed by atoms with Crippen LogP contribution in [0, 0.1) is 0 Å². The standard InChI is InChI=1S/C19H16N2O3S2/c1-24-18(23)14-11-7-6-10-13(14)16(22)21-17-15(20-19(25-2)26-17)12-8-4-3-5-9-12/h3-11H,1-2H3,(H,21,22). The van der Waals surface area contributed by atoms with Gasteiger partial charge < -0.3 is 10.1 Å². The van der Waals surface area contributed by atoms with E-state index in [2.05, 4.69) is 10.3 Å². The second-order valence-corrected chi connectivity index (χ2v) is 7.27. The fourth-order valence-corrected chi connectivity index (χ4v) is 3.89. The second-order valence-electron chi connectivity index (χ2n) is 5.22. The molecule has 1 heterocycles. The number of methoxy groups -OCH3 is 1. The molecule has 2 aromatic carbocycles. The summed E-state index contributed by atoms with van der Waals surface area (Å²) in [5.41, 5.74) is 2.12. The minimum Gasteiger partial charge on any atom is -0.465 e. The Hall–Kier alpha value is -2.64. The number of anilines is 1. The molecule has 26 heavy (non-hydrogen) atoms. The lowest BCUT2D eigenvalue weighted by Gasteiger charge is -2.08. The zero-order valence-corrected chi connectivity index (χ0v) is 15.8. The van der Waals surface area contributed by atoms with Gasteiger partial charge in [0.1, 0.15) is 10.7 Å². The highest BCUT2D eigenvalue weighted by Gasteiger charge is 2.20. The number of ether oxygens (including phenoxy) is 1. The molecule has 1 N–H and O–H groups in total. The average Bonchev–Trinajstić information content (AvgIpc) is 3.11. The molecule has 0 spiro atoms. The molecule has 3 rings (SSSR count). The Morgan fingerprint density at radius 1 is 1.04 bits per heavy atom. The molecule has 0 radical (unpaired) electrons. The lowest BCUT2D eigenvalue weighted by molar-refractivity contribution is 0.0597. The van der Waals surface area contributed by atoms with E-state index in [0.717, 1.165) is 9.90 Å². The lowest BCUT2D eigenvalue weighted by Crippen LogP contribution is -2.16. The zero-order valence-electron chi connectivity index (χ0n) is 14.2. The van der Waals surface area contributed by atoms with Crippen LogP contribution in [0.2, 0.25) is 0 Å². The molecule has 0 saturated carbocycles. The summed E-state index contributed by atoms with van der Waals surface area (Å²) in [6.07, 6.45) is 1.94. The van der Waals surface area contributed by atoms with E-state index in [1.54, 1.807) is 24.3 Å². The molecule has 1 amide bonds. The van der Waals surface area contributed by atoms with Gasteiger partial charge in [0.25, 0.3) is 5.91 Å². The van der Waals surface area contributed by atoms with Crippen molar-refractivity contribution < 1.29 is 14.3 Å². The molecule has 0 aliphatic carbocycles. The Kier molecular flexibility index (Phi) is 5.70. The molecule has 132 valence electrons. The summed E-state index contributed by atoms with van der Waals surface area (Å²) in [7, 11) is 1.29. The van der Waals surface area contributed by atoms with Gasteiger partial charge in [-0.3, -0.25) is 4.79 Å². The zero-order chi connectivity index (χ0) is 18.5. The number of hydrogen-bond acceptors (Lipinski definition) is 6. The summed E-state index contributed by atoms with van der Waals surface area (Å²) in [5, 5.41) is 3.54. The Bertz CT molecular complexity index is 939. The maximum Gasteiger partial charge on any atom is 0.338 e. The third-order valence-corrected chi connectivity index (χ3v) is 5.59. The maximum atomic E-state index is 12.8. The van der Waals surface area contributed by atoms with Crippen LogP contribution in [-0.2, 0) is 4.74 Å². The van der Waals surface area contributed by atoms with E-state index >= 15 is 0 Å². The van der Waals surface area contributed by atoms with Crippen molar-refractivity contribution in [3.05, 3.63) is 65.7 Å². The molecule has 0 bridgehead atoms.